The molecule has 7 nitrogen and oxygen atoms in total. The summed E-state index contributed by atoms with van der Waals surface area (Å²) in [6.07, 6.45) is 4.08. The van der Waals surface area contributed by atoms with Crippen LogP contribution in [0.4, 0.5) is 5.82 Å². The number of sulfone groups is 1. The van der Waals surface area contributed by atoms with Crippen LogP contribution in [0.2, 0.25) is 0 Å². The molecule has 0 saturated carbocycles. The highest BCUT2D eigenvalue weighted by Gasteiger charge is 2.31. The first-order valence-corrected chi connectivity index (χ1v) is 8.70. The van der Waals surface area contributed by atoms with Gasteiger partial charge in [-0.25, -0.2) is 18.4 Å². The van der Waals surface area contributed by atoms with Crippen molar-refractivity contribution in [2.75, 3.05) is 29.2 Å². The van der Waals surface area contributed by atoms with E-state index in [1.807, 2.05) is 0 Å². The van der Waals surface area contributed by atoms with E-state index in [1.54, 1.807) is 16.7 Å². The molecule has 1 aromatic heterocycles. The number of amidine groups is 1. The van der Waals surface area contributed by atoms with Gasteiger partial charge in [0, 0.05) is 24.3 Å². The van der Waals surface area contributed by atoms with Crippen LogP contribution in [0, 0.1) is 5.41 Å². The van der Waals surface area contributed by atoms with Gasteiger partial charge in [0.15, 0.2) is 9.84 Å². The Balaban J connectivity index is 2.30. The normalized spacial score (nSPS) is 20.3. The monoisotopic (exact) mass is 301 g/mol. The molecule has 0 aliphatic carbocycles. The van der Waals surface area contributed by atoms with E-state index in [-0.39, 0.29) is 11.5 Å². The predicted octanol–water partition coefficient (Wildman–Crippen LogP) is -0.315. The minimum absolute atomic E-state index is 0.159. The van der Waals surface area contributed by atoms with Crippen molar-refractivity contribution in [3.05, 3.63) is 18.1 Å². The van der Waals surface area contributed by atoms with Crippen molar-refractivity contribution in [1.29, 1.82) is 5.41 Å². The maximum atomic E-state index is 11.8. The summed E-state index contributed by atoms with van der Waals surface area (Å²) in [7, 11) is -3.18. The second-order valence-corrected chi connectivity index (χ2v) is 7.58. The zero-order chi connectivity index (χ0) is 14.0. The lowest BCUT2D eigenvalue weighted by Crippen LogP contribution is -2.47. The summed E-state index contributed by atoms with van der Waals surface area (Å²) in [6, 6.07) is 0. The van der Waals surface area contributed by atoms with Crippen LogP contribution in [0.25, 0.3) is 0 Å². The van der Waals surface area contributed by atoms with Crippen LogP contribution < -0.4 is 10.6 Å². The maximum absolute atomic E-state index is 11.8. The van der Waals surface area contributed by atoms with Gasteiger partial charge in [-0.1, -0.05) is 0 Å². The topological polar surface area (TPSA) is 113 Å². The van der Waals surface area contributed by atoms with Gasteiger partial charge < -0.3 is 10.6 Å². The molecule has 104 valence electrons. The van der Waals surface area contributed by atoms with E-state index in [2.05, 4.69) is 9.97 Å². The summed E-state index contributed by atoms with van der Waals surface area (Å²) in [6.45, 7) is 0.608. The number of nitrogens with two attached hydrogens (primary N) is 1. The Morgan fingerprint density at radius 2 is 2.26 bits per heavy atom. The van der Waals surface area contributed by atoms with Crippen LogP contribution in [0.3, 0.4) is 0 Å². The predicted molar refractivity (Wildman–Crippen MR) is 76.4 cm³/mol. The number of hydrogen-bond donors (Lipinski definition) is 2. The summed E-state index contributed by atoms with van der Waals surface area (Å²) in [5.74, 6) is 1.71. The molecule has 1 saturated heterocycles. The lowest BCUT2D eigenvalue weighted by molar-refractivity contribution is 0.583. The number of nitrogens with zero attached hydrogens (tertiary/aromatic N) is 3. The Morgan fingerprint density at radius 3 is 2.79 bits per heavy atom. The second-order valence-electron chi connectivity index (χ2n) is 4.23. The van der Waals surface area contributed by atoms with Gasteiger partial charge in [0.1, 0.15) is 22.7 Å². The molecule has 1 atom stereocenters. The third-order valence-corrected chi connectivity index (χ3v) is 5.43. The highest BCUT2D eigenvalue weighted by molar-refractivity contribution is 8.01. The number of rotatable bonds is 3. The third-order valence-electron chi connectivity index (χ3n) is 2.79. The second kappa shape index (κ2) is 5.33. The summed E-state index contributed by atoms with van der Waals surface area (Å²) >= 11 is 1.61. The van der Waals surface area contributed by atoms with E-state index in [0.717, 1.165) is 5.75 Å². The molecule has 1 aliphatic rings. The highest BCUT2D eigenvalue weighted by Crippen LogP contribution is 2.24. The zero-order valence-electron chi connectivity index (χ0n) is 10.4. The van der Waals surface area contributed by atoms with E-state index >= 15 is 0 Å². The number of nitrogens with one attached hydrogen (secondary N) is 1. The third kappa shape index (κ3) is 3.16. The minimum atomic E-state index is -3.18. The van der Waals surface area contributed by atoms with Crippen LogP contribution in [-0.4, -0.2) is 53.9 Å². The van der Waals surface area contributed by atoms with Crippen LogP contribution in [0.15, 0.2) is 12.4 Å². The van der Waals surface area contributed by atoms with E-state index in [1.165, 1.54) is 18.6 Å². The molecule has 0 radical (unpaired) electrons. The molecular formula is C10H15N5O2S2. The fourth-order valence-electron chi connectivity index (χ4n) is 1.81. The zero-order valence-corrected chi connectivity index (χ0v) is 12.0. The van der Waals surface area contributed by atoms with Crippen LogP contribution in [0.1, 0.15) is 5.69 Å². The Labute approximate surface area is 116 Å². The van der Waals surface area contributed by atoms with Gasteiger partial charge in [-0.05, 0) is 0 Å². The molecule has 2 rings (SSSR count). The van der Waals surface area contributed by atoms with Crippen LogP contribution in [-0.2, 0) is 9.84 Å². The minimum Gasteiger partial charge on any atom is -0.382 e. The molecule has 9 heteroatoms. The van der Waals surface area contributed by atoms with Crippen LogP contribution >= 0.6 is 11.8 Å². The molecule has 1 aromatic rings. The van der Waals surface area contributed by atoms with Gasteiger partial charge in [0.05, 0.1) is 12.4 Å². The smallest absolute Gasteiger partial charge is 0.169 e. The molecule has 1 unspecified atom stereocenters. The van der Waals surface area contributed by atoms with E-state index < -0.39 is 15.2 Å². The fourth-order valence-corrected chi connectivity index (χ4v) is 4.63. The Bertz CT molecular complexity index is 572. The number of hydrogen-bond acceptors (Lipinski definition) is 7. The van der Waals surface area contributed by atoms with Gasteiger partial charge in [-0.3, -0.25) is 5.41 Å². The summed E-state index contributed by atoms with van der Waals surface area (Å²) in [4.78, 5) is 9.91. The Kier molecular flexibility index (Phi) is 3.95. The van der Waals surface area contributed by atoms with Crippen molar-refractivity contribution in [3.8, 4) is 0 Å². The van der Waals surface area contributed by atoms with E-state index in [9.17, 15) is 8.42 Å². The average molecular weight is 301 g/mol. The van der Waals surface area contributed by atoms with Crippen molar-refractivity contribution in [2.45, 2.75) is 5.37 Å². The lowest BCUT2D eigenvalue weighted by Gasteiger charge is -2.34. The summed E-state index contributed by atoms with van der Waals surface area (Å²) < 4.78 is 23.6. The van der Waals surface area contributed by atoms with Crippen LogP contribution in [0.5, 0.6) is 0 Å². The van der Waals surface area contributed by atoms with Crippen molar-refractivity contribution in [3.63, 3.8) is 0 Å². The molecule has 0 bridgehead atoms. The maximum Gasteiger partial charge on any atom is 0.169 e. The first kappa shape index (κ1) is 14.1. The lowest BCUT2D eigenvalue weighted by atomic mass is 10.4. The van der Waals surface area contributed by atoms with Gasteiger partial charge in [-0.2, -0.15) is 11.8 Å². The summed E-state index contributed by atoms with van der Waals surface area (Å²) in [5.41, 5.74) is 5.59. The molecular weight excluding hydrogens is 286 g/mol. The Morgan fingerprint density at radius 1 is 1.53 bits per heavy atom. The molecule has 0 amide bonds. The number of anilines is 1. The number of aromatic nitrogens is 2. The van der Waals surface area contributed by atoms with E-state index in [0.29, 0.717) is 18.1 Å². The first-order chi connectivity index (χ1) is 8.89. The van der Waals surface area contributed by atoms with Gasteiger partial charge in [0.25, 0.3) is 0 Å². The molecule has 2 heterocycles. The molecule has 0 aromatic carbocycles. The van der Waals surface area contributed by atoms with Crippen molar-refractivity contribution in [2.24, 2.45) is 5.73 Å². The molecule has 1 fully saturated rings. The first-order valence-electron chi connectivity index (χ1n) is 5.59. The standard InChI is InChI=1S/C10H15N5O2S2/c1-19(16,17)9-6-18-3-2-15(9)8-5-13-7(4-14-8)10(11)12/h4-5,9H,2-3,6H2,1H3,(H3,11,12). The van der Waals surface area contributed by atoms with Gasteiger partial charge >= 0.3 is 0 Å². The highest BCUT2D eigenvalue weighted by atomic mass is 32.2. The van der Waals surface area contributed by atoms with Gasteiger partial charge in [-0.15, -0.1) is 0 Å². The average Bonchev–Trinajstić information content (AvgIpc) is 2.38. The largest absolute Gasteiger partial charge is 0.382 e. The SMILES string of the molecule is CS(=O)(=O)C1CSCCN1c1cnc(C(=N)N)cn1. The molecule has 3 N–H and O–H groups in total. The van der Waals surface area contributed by atoms with Crippen molar-refractivity contribution in [1.82, 2.24) is 9.97 Å². The number of nitrogen functional groups attached to an aromatic ring is 1. The van der Waals surface area contributed by atoms with Crippen molar-refractivity contribution < 1.29 is 8.42 Å². The van der Waals surface area contributed by atoms with Gasteiger partial charge in [0.2, 0.25) is 0 Å². The van der Waals surface area contributed by atoms with Crippen molar-refractivity contribution >= 4 is 33.3 Å². The Hall–Kier alpha value is -1.35. The fraction of sp³-hybridized carbons (Fsp3) is 0.500. The van der Waals surface area contributed by atoms with E-state index in [4.69, 9.17) is 11.1 Å². The summed E-state index contributed by atoms with van der Waals surface area (Å²) in [5, 5.41) is 6.67. The number of thioether (sulfide) groups is 1. The quantitative estimate of drug-likeness (QED) is 0.581. The molecule has 1 aliphatic heterocycles. The molecule has 0 spiro atoms. The molecule has 19 heavy (non-hydrogen) atoms.